The topological polar surface area (TPSA) is 172 Å². The molecule has 0 atom stereocenters. The number of anilines is 1. The van der Waals surface area contributed by atoms with E-state index in [-0.39, 0.29) is 5.56 Å². The van der Waals surface area contributed by atoms with Crippen LogP contribution in [0, 0.1) is 0 Å². The quantitative estimate of drug-likeness (QED) is 0.242. The number of ether oxygens (including phenoxy) is 3. The molecule has 0 fully saturated rings. The van der Waals surface area contributed by atoms with E-state index in [4.69, 9.17) is 45.6 Å². The number of aromatic nitrogens is 2. The molecule has 3 rings (SSSR count). The summed E-state index contributed by atoms with van der Waals surface area (Å²) in [6.45, 7) is 4.00. The van der Waals surface area contributed by atoms with E-state index >= 15 is 0 Å². The van der Waals surface area contributed by atoms with Crippen molar-refractivity contribution < 1.29 is 34.0 Å². The Morgan fingerprint density at radius 1 is 1.12 bits per heavy atom. The molecule has 2 heterocycles. The van der Waals surface area contributed by atoms with Gasteiger partial charge in [-0.2, -0.15) is 5.10 Å². The summed E-state index contributed by atoms with van der Waals surface area (Å²) in [4.78, 5) is 29.8. The first kappa shape index (κ1) is 25.7. The number of nitrogens with one attached hydrogen (secondary N) is 3. The second-order valence-corrected chi connectivity index (χ2v) is 6.95. The molecule has 0 radical (unpaired) electrons. The number of hydrogen-bond donors (Lipinski definition) is 5. The maximum Gasteiger partial charge on any atom is 0.414 e. The van der Waals surface area contributed by atoms with Gasteiger partial charge >= 0.3 is 11.9 Å². The summed E-state index contributed by atoms with van der Waals surface area (Å²) < 4.78 is 17.0. The number of carbonyl (C=O) groups is 2. The van der Waals surface area contributed by atoms with Crippen LogP contribution in [0.1, 0.15) is 12.8 Å². The number of rotatable bonds is 10. The fourth-order valence-corrected chi connectivity index (χ4v) is 2.83. The molecule has 0 unspecified atom stereocenters. The third-order valence-electron chi connectivity index (χ3n) is 4.11. The third kappa shape index (κ3) is 8.86. The van der Waals surface area contributed by atoms with E-state index in [9.17, 15) is 4.79 Å². The Morgan fingerprint density at radius 3 is 2.58 bits per heavy atom. The van der Waals surface area contributed by atoms with Gasteiger partial charge in [-0.1, -0.05) is 17.7 Å². The highest BCUT2D eigenvalue weighted by Gasteiger charge is 2.16. The van der Waals surface area contributed by atoms with Crippen molar-refractivity contribution in [3.63, 3.8) is 0 Å². The molecule has 1 aromatic carbocycles. The number of benzene rings is 1. The van der Waals surface area contributed by atoms with Gasteiger partial charge in [0.1, 0.15) is 18.9 Å². The molecule has 0 saturated heterocycles. The lowest BCUT2D eigenvalue weighted by atomic mass is 10.3. The molecular weight excluding hydrogens is 460 g/mol. The van der Waals surface area contributed by atoms with Crippen molar-refractivity contribution in [3.8, 4) is 17.2 Å². The molecule has 0 amide bonds. The van der Waals surface area contributed by atoms with Gasteiger partial charge in [0.2, 0.25) is 5.75 Å². The van der Waals surface area contributed by atoms with Crippen molar-refractivity contribution in [2.24, 2.45) is 0 Å². The Labute approximate surface area is 193 Å². The standard InChI is InChI=1S/C18H23ClN4O4.C2H2O4/c19-13-12-22-23-18(24)16(13)21-8-2-6-20-7-3-9-25-14-4-1-5-15-17(14)27-11-10-26-15;3-1(4)2(5)6/h1,4-5,12,20H,2-3,6-11H2,(H,21,22)(H,23,24);(H,3,4)(H,5,6). The van der Waals surface area contributed by atoms with E-state index in [1.54, 1.807) is 0 Å². The molecule has 1 aromatic heterocycles. The molecular formula is C20H25ClN4O8. The lowest BCUT2D eigenvalue weighted by Gasteiger charge is -2.20. The van der Waals surface area contributed by atoms with E-state index in [1.165, 1.54) is 6.20 Å². The van der Waals surface area contributed by atoms with Crippen molar-refractivity contribution in [1.29, 1.82) is 0 Å². The maximum absolute atomic E-state index is 11.6. The van der Waals surface area contributed by atoms with E-state index < -0.39 is 11.9 Å². The predicted octanol–water partition coefficient (Wildman–Crippen LogP) is 1.21. The lowest BCUT2D eigenvalue weighted by molar-refractivity contribution is -0.159. The number of aromatic amines is 1. The van der Waals surface area contributed by atoms with Crippen molar-refractivity contribution in [3.05, 3.63) is 39.8 Å². The van der Waals surface area contributed by atoms with Crippen molar-refractivity contribution >= 4 is 29.2 Å². The normalized spacial score (nSPS) is 11.7. The van der Waals surface area contributed by atoms with Crippen LogP contribution < -0.4 is 30.4 Å². The second-order valence-electron chi connectivity index (χ2n) is 6.55. The van der Waals surface area contributed by atoms with E-state index in [0.29, 0.717) is 42.8 Å². The van der Waals surface area contributed by atoms with E-state index in [0.717, 1.165) is 37.4 Å². The van der Waals surface area contributed by atoms with Crippen molar-refractivity contribution in [2.45, 2.75) is 12.8 Å². The highest BCUT2D eigenvalue weighted by atomic mass is 35.5. The molecule has 0 spiro atoms. The van der Waals surface area contributed by atoms with Crippen LogP contribution in [-0.2, 0) is 9.59 Å². The van der Waals surface area contributed by atoms with Crippen LogP contribution >= 0.6 is 11.6 Å². The number of aliphatic carboxylic acids is 2. The van der Waals surface area contributed by atoms with Gasteiger partial charge in [0.25, 0.3) is 5.56 Å². The summed E-state index contributed by atoms with van der Waals surface area (Å²) in [7, 11) is 0. The number of H-pyrrole nitrogens is 1. The Bertz CT molecular complexity index is 973. The van der Waals surface area contributed by atoms with Crippen LogP contribution in [0.5, 0.6) is 17.2 Å². The first-order valence-corrected chi connectivity index (χ1v) is 10.4. The minimum Gasteiger partial charge on any atom is -0.489 e. The Morgan fingerprint density at radius 2 is 1.85 bits per heavy atom. The molecule has 2 aromatic rings. The van der Waals surface area contributed by atoms with Crippen LogP contribution in [0.4, 0.5) is 5.69 Å². The first-order valence-electron chi connectivity index (χ1n) is 10.1. The summed E-state index contributed by atoms with van der Waals surface area (Å²) in [5, 5.41) is 27.5. The van der Waals surface area contributed by atoms with Crippen LogP contribution in [0.25, 0.3) is 0 Å². The average Bonchev–Trinajstić information content (AvgIpc) is 2.80. The molecule has 1 aliphatic rings. The number of carboxylic acid groups (broad SMARTS) is 2. The summed E-state index contributed by atoms with van der Waals surface area (Å²) >= 11 is 5.93. The van der Waals surface area contributed by atoms with Gasteiger partial charge < -0.3 is 35.1 Å². The SMILES string of the molecule is O=C(O)C(=O)O.O=c1[nH]ncc(Cl)c1NCCCNCCCOc1cccc2c1OCCO2. The molecule has 33 heavy (non-hydrogen) atoms. The highest BCUT2D eigenvalue weighted by Crippen LogP contribution is 2.38. The zero-order valence-corrected chi connectivity index (χ0v) is 18.4. The first-order chi connectivity index (χ1) is 15.9. The summed E-state index contributed by atoms with van der Waals surface area (Å²) in [6, 6.07) is 5.66. The van der Waals surface area contributed by atoms with Gasteiger partial charge in [0, 0.05) is 6.54 Å². The predicted molar refractivity (Wildman–Crippen MR) is 119 cm³/mol. The number of carboxylic acids is 2. The molecule has 13 heteroatoms. The van der Waals surface area contributed by atoms with Crippen LogP contribution in [0.2, 0.25) is 5.02 Å². The number of fused-ring (bicyclic) bond motifs is 1. The molecule has 12 nitrogen and oxygen atoms in total. The van der Waals surface area contributed by atoms with Gasteiger partial charge in [0.05, 0.1) is 17.8 Å². The fourth-order valence-electron chi connectivity index (χ4n) is 2.63. The van der Waals surface area contributed by atoms with Crippen molar-refractivity contribution in [1.82, 2.24) is 15.5 Å². The molecule has 0 saturated carbocycles. The lowest BCUT2D eigenvalue weighted by Crippen LogP contribution is -2.22. The highest BCUT2D eigenvalue weighted by molar-refractivity contribution is 6.33. The number of halogens is 1. The van der Waals surface area contributed by atoms with Gasteiger partial charge in [-0.05, 0) is 38.1 Å². The van der Waals surface area contributed by atoms with Gasteiger partial charge in [-0.3, -0.25) is 4.79 Å². The number of hydrogen-bond acceptors (Lipinski definition) is 9. The van der Waals surface area contributed by atoms with Crippen LogP contribution in [0.3, 0.4) is 0 Å². The molecule has 0 bridgehead atoms. The summed E-state index contributed by atoms with van der Waals surface area (Å²) in [6.07, 6.45) is 3.13. The zero-order chi connectivity index (χ0) is 24.1. The monoisotopic (exact) mass is 484 g/mol. The van der Waals surface area contributed by atoms with Crippen molar-refractivity contribution in [2.75, 3.05) is 44.8 Å². The number of para-hydroxylation sites is 1. The van der Waals surface area contributed by atoms with Crippen LogP contribution in [0.15, 0.2) is 29.2 Å². The van der Waals surface area contributed by atoms with Gasteiger partial charge in [0.15, 0.2) is 11.5 Å². The molecule has 180 valence electrons. The minimum atomic E-state index is -1.82. The summed E-state index contributed by atoms with van der Waals surface area (Å²) in [5.41, 5.74) is 0.0440. The summed E-state index contributed by atoms with van der Waals surface area (Å²) in [5.74, 6) is -1.51. The minimum absolute atomic E-state index is 0.315. The average molecular weight is 485 g/mol. The van der Waals surface area contributed by atoms with E-state index in [1.807, 2.05) is 18.2 Å². The smallest absolute Gasteiger partial charge is 0.414 e. The molecule has 5 N–H and O–H groups in total. The Kier molecular flexibility index (Phi) is 10.8. The Hall–Kier alpha value is -3.51. The zero-order valence-electron chi connectivity index (χ0n) is 17.6. The van der Waals surface area contributed by atoms with Gasteiger partial charge in [-0.15, -0.1) is 0 Å². The Balaban J connectivity index is 0.000000569. The van der Waals surface area contributed by atoms with Gasteiger partial charge in [-0.25, -0.2) is 14.7 Å². The maximum atomic E-state index is 11.6. The third-order valence-corrected chi connectivity index (χ3v) is 4.40. The fraction of sp³-hybridized carbons (Fsp3) is 0.400. The largest absolute Gasteiger partial charge is 0.489 e. The van der Waals surface area contributed by atoms with E-state index in [2.05, 4.69) is 20.8 Å². The van der Waals surface area contributed by atoms with Crippen LogP contribution in [-0.4, -0.2) is 71.8 Å². The second kappa shape index (κ2) is 13.8. The molecule has 1 aliphatic heterocycles. The molecule has 0 aliphatic carbocycles. The number of nitrogens with zero attached hydrogens (tertiary/aromatic N) is 1.